The SMILES string of the molecule is CCSN(CC1CC1)c1ccc(Oc2ccc(F)cc2F)c(C)c1. The Labute approximate surface area is 146 Å². The summed E-state index contributed by atoms with van der Waals surface area (Å²) in [5.74, 6) is 1.12. The van der Waals surface area contributed by atoms with Crippen molar-refractivity contribution in [1.29, 1.82) is 0 Å². The average molecular weight is 349 g/mol. The van der Waals surface area contributed by atoms with E-state index in [0.717, 1.165) is 35.5 Å². The van der Waals surface area contributed by atoms with Crippen LogP contribution in [0.25, 0.3) is 0 Å². The van der Waals surface area contributed by atoms with Gasteiger partial charge in [-0.3, -0.25) is 0 Å². The van der Waals surface area contributed by atoms with Crippen LogP contribution in [0.3, 0.4) is 0 Å². The van der Waals surface area contributed by atoms with Gasteiger partial charge < -0.3 is 9.04 Å². The van der Waals surface area contributed by atoms with Crippen molar-refractivity contribution in [2.24, 2.45) is 5.92 Å². The number of ether oxygens (including phenoxy) is 1. The second-order valence-electron chi connectivity index (χ2n) is 6.05. The lowest BCUT2D eigenvalue weighted by Crippen LogP contribution is -2.17. The highest BCUT2D eigenvalue weighted by molar-refractivity contribution is 8.00. The fourth-order valence-electron chi connectivity index (χ4n) is 2.50. The monoisotopic (exact) mass is 349 g/mol. The van der Waals surface area contributed by atoms with Crippen molar-refractivity contribution in [2.75, 3.05) is 16.6 Å². The molecule has 0 amide bonds. The molecule has 1 fully saturated rings. The molecule has 1 saturated carbocycles. The van der Waals surface area contributed by atoms with Crippen LogP contribution < -0.4 is 9.04 Å². The minimum Gasteiger partial charge on any atom is -0.454 e. The van der Waals surface area contributed by atoms with Gasteiger partial charge in [-0.25, -0.2) is 8.78 Å². The van der Waals surface area contributed by atoms with Crippen molar-refractivity contribution in [2.45, 2.75) is 26.7 Å². The first kappa shape index (κ1) is 17.1. The molecule has 0 aliphatic heterocycles. The van der Waals surface area contributed by atoms with Crippen LogP contribution in [0, 0.1) is 24.5 Å². The number of hydrogen-bond acceptors (Lipinski definition) is 3. The van der Waals surface area contributed by atoms with Gasteiger partial charge in [-0.15, -0.1) is 0 Å². The van der Waals surface area contributed by atoms with E-state index >= 15 is 0 Å². The van der Waals surface area contributed by atoms with Crippen LogP contribution in [-0.2, 0) is 0 Å². The smallest absolute Gasteiger partial charge is 0.168 e. The first-order chi connectivity index (χ1) is 11.6. The second kappa shape index (κ2) is 7.43. The molecule has 0 saturated heterocycles. The molecule has 1 aliphatic carbocycles. The lowest BCUT2D eigenvalue weighted by molar-refractivity contribution is 0.435. The summed E-state index contributed by atoms with van der Waals surface area (Å²) in [6, 6.07) is 9.23. The predicted molar refractivity (Wildman–Crippen MR) is 95.8 cm³/mol. The third kappa shape index (κ3) is 4.20. The Morgan fingerprint density at radius 3 is 2.50 bits per heavy atom. The van der Waals surface area contributed by atoms with E-state index in [-0.39, 0.29) is 5.75 Å². The summed E-state index contributed by atoms with van der Waals surface area (Å²) in [5, 5.41) is 0. The predicted octanol–water partition coefficient (Wildman–Crippen LogP) is 5.95. The summed E-state index contributed by atoms with van der Waals surface area (Å²) < 4.78 is 34.7. The van der Waals surface area contributed by atoms with E-state index < -0.39 is 11.6 Å². The van der Waals surface area contributed by atoms with Crippen LogP contribution in [0.1, 0.15) is 25.3 Å². The highest BCUT2D eigenvalue weighted by Crippen LogP contribution is 2.36. The zero-order valence-corrected chi connectivity index (χ0v) is 14.7. The standard InChI is InChI=1S/C19H21F2NOS/c1-3-24-22(12-14-4-5-14)16-7-9-18(13(2)10-16)23-19-8-6-15(20)11-17(19)21/h6-11,14H,3-5,12H2,1-2H3. The lowest BCUT2D eigenvalue weighted by atomic mass is 10.2. The highest BCUT2D eigenvalue weighted by Gasteiger charge is 2.25. The van der Waals surface area contributed by atoms with Gasteiger partial charge in [0.15, 0.2) is 11.6 Å². The Bertz CT molecular complexity index is 719. The summed E-state index contributed by atoms with van der Waals surface area (Å²) in [6.07, 6.45) is 2.62. The molecule has 2 aromatic rings. The van der Waals surface area contributed by atoms with E-state index in [4.69, 9.17) is 4.74 Å². The van der Waals surface area contributed by atoms with E-state index in [1.54, 1.807) is 0 Å². The molecule has 0 aromatic heterocycles. The molecular formula is C19H21F2NOS. The molecule has 0 unspecified atom stereocenters. The van der Waals surface area contributed by atoms with Crippen LogP contribution in [0.4, 0.5) is 14.5 Å². The van der Waals surface area contributed by atoms with Gasteiger partial charge in [0.1, 0.15) is 11.6 Å². The van der Waals surface area contributed by atoms with E-state index in [2.05, 4.69) is 17.3 Å². The number of nitrogens with zero attached hydrogens (tertiary/aromatic N) is 1. The number of anilines is 1. The maximum absolute atomic E-state index is 13.7. The Hall–Kier alpha value is -1.75. The number of halogens is 2. The second-order valence-corrected chi connectivity index (χ2v) is 7.33. The van der Waals surface area contributed by atoms with Crippen molar-refractivity contribution in [1.82, 2.24) is 0 Å². The van der Waals surface area contributed by atoms with Gasteiger partial charge in [-0.1, -0.05) is 18.9 Å². The minimum absolute atomic E-state index is 0.0324. The number of benzene rings is 2. The highest BCUT2D eigenvalue weighted by atomic mass is 32.2. The molecule has 5 heteroatoms. The molecule has 0 heterocycles. The topological polar surface area (TPSA) is 12.5 Å². The molecule has 0 atom stereocenters. The molecule has 3 rings (SSSR count). The third-order valence-electron chi connectivity index (χ3n) is 3.97. The fraction of sp³-hybridized carbons (Fsp3) is 0.368. The van der Waals surface area contributed by atoms with Gasteiger partial charge in [0.25, 0.3) is 0 Å². The first-order valence-electron chi connectivity index (χ1n) is 8.21. The van der Waals surface area contributed by atoms with Crippen LogP contribution in [-0.4, -0.2) is 12.3 Å². The first-order valence-corrected chi connectivity index (χ1v) is 9.15. The van der Waals surface area contributed by atoms with Gasteiger partial charge in [-0.2, -0.15) is 0 Å². The Kier molecular flexibility index (Phi) is 5.29. The van der Waals surface area contributed by atoms with Crippen molar-refractivity contribution < 1.29 is 13.5 Å². The zero-order valence-electron chi connectivity index (χ0n) is 13.9. The summed E-state index contributed by atoms with van der Waals surface area (Å²) in [7, 11) is 0. The molecule has 1 aliphatic rings. The van der Waals surface area contributed by atoms with Gasteiger partial charge in [-0.05, 0) is 61.6 Å². The van der Waals surface area contributed by atoms with Crippen molar-refractivity contribution in [3.63, 3.8) is 0 Å². The van der Waals surface area contributed by atoms with E-state index in [0.29, 0.717) is 5.75 Å². The Morgan fingerprint density at radius 1 is 1.12 bits per heavy atom. The van der Waals surface area contributed by atoms with E-state index in [1.165, 1.54) is 25.0 Å². The molecule has 2 aromatic carbocycles. The fourth-order valence-corrected chi connectivity index (χ4v) is 3.39. The number of aryl methyl sites for hydroxylation is 1. The molecular weight excluding hydrogens is 328 g/mol. The molecule has 2 nitrogen and oxygen atoms in total. The molecule has 24 heavy (non-hydrogen) atoms. The van der Waals surface area contributed by atoms with Crippen LogP contribution in [0.2, 0.25) is 0 Å². The molecule has 0 radical (unpaired) electrons. The summed E-state index contributed by atoms with van der Waals surface area (Å²) in [4.78, 5) is 0. The van der Waals surface area contributed by atoms with Crippen LogP contribution >= 0.6 is 11.9 Å². The molecule has 0 spiro atoms. The van der Waals surface area contributed by atoms with Gasteiger partial charge >= 0.3 is 0 Å². The minimum atomic E-state index is -0.699. The van der Waals surface area contributed by atoms with Crippen molar-refractivity contribution >= 4 is 17.6 Å². The van der Waals surface area contributed by atoms with Gasteiger partial charge in [0, 0.05) is 24.1 Å². The quantitative estimate of drug-likeness (QED) is 0.573. The van der Waals surface area contributed by atoms with Crippen LogP contribution in [0.5, 0.6) is 11.5 Å². The maximum Gasteiger partial charge on any atom is 0.168 e. The largest absolute Gasteiger partial charge is 0.454 e. The average Bonchev–Trinajstić information content (AvgIpc) is 3.35. The van der Waals surface area contributed by atoms with Crippen molar-refractivity contribution in [3.8, 4) is 11.5 Å². The molecule has 128 valence electrons. The number of hydrogen-bond donors (Lipinski definition) is 0. The maximum atomic E-state index is 13.7. The van der Waals surface area contributed by atoms with Gasteiger partial charge in [0.05, 0.1) is 0 Å². The van der Waals surface area contributed by atoms with Crippen LogP contribution in [0.15, 0.2) is 36.4 Å². The summed E-state index contributed by atoms with van der Waals surface area (Å²) in [6.45, 7) is 5.14. The Morgan fingerprint density at radius 2 is 1.88 bits per heavy atom. The Balaban J connectivity index is 1.78. The lowest BCUT2D eigenvalue weighted by Gasteiger charge is -2.23. The molecule has 0 bridgehead atoms. The van der Waals surface area contributed by atoms with Gasteiger partial charge in [0.2, 0.25) is 0 Å². The molecule has 0 N–H and O–H groups in total. The third-order valence-corrected chi connectivity index (χ3v) is 4.90. The van der Waals surface area contributed by atoms with Crippen molar-refractivity contribution in [3.05, 3.63) is 53.6 Å². The number of rotatable bonds is 7. The zero-order chi connectivity index (χ0) is 17.1. The summed E-state index contributed by atoms with van der Waals surface area (Å²) in [5.41, 5.74) is 2.06. The van der Waals surface area contributed by atoms with E-state index in [9.17, 15) is 8.78 Å². The van der Waals surface area contributed by atoms with E-state index in [1.807, 2.05) is 31.0 Å². The normalized spacial score (nSPS) is 13.8. The summed E-state index contributed by atoms with van der Waals surface area (Å²) >= 11 is 1.81.